The molecule has 0 spiro atoms. The number of halogens is 1. The molecular weight excluding hydrogens is 416 g/mol. The van der Waals surface area contributed by atoms with Gasteiger partial charge in [-0.15, -0.1) is 0 Å². The fourth-order valence-corrected chi connectivity index (χ4v) is 3.89. The van der Waals surface area contributed by atoms with Crippen LogP contribution in [0.25, 0.3) is 0 Å². The second kappa shape index (κ2) is 8.59. The van der Waals surface area contributed by atoms with E-state index in [9.17, 15) is 13.2 Å². The molecule has 3 aromatic rings. The Morgan fingerprint density at radius 2 is 1.79 bits per heavy atom. The molecule has 0 aliphatic heterocycles. The van der Waals surface area contributed by atoms with Crippen LogP contribution in [-0.4, -0.2) is 31.5 Å². The highest BCUT2D eigenvalue weighted by molar-refractivity contribution is 7.90. The average Bonchev–Trinajstić information content (AvgIpc) is 2.68. The van der Waals surface area contributed by atoms with Crippen molar-refractivity contribution in [1.82, 2.24) is 9.97 Å². The Balaban J connectivity index is 1.85. The molecule has 0 N–H and O–H groups in total. The van der Waals surface area contributed by atoms with Crippen LogP contribution in [0.4, 0.5) is 0 Å². The van der Waals surface area contributed by atoms with Crippen molar-refractivity contribution < 1.29 is 22.7 Å². The van der Waals surface area contributed by atoms with Gasteiger partial charge in [-0.3, -0.25) is 0 Å². The number of carbonyl (C=O) groups is 1. The van der Waals surface area contributed by atoms with Crippen molar-refractivity contribution in [3.8, 4) is 11.5 Å². The number of esters is 1. The first-order valence-corrected chi connectivity index (χ1v) is 10.5. The summed E-state index contributed by atoms with van der Waals surface area (Å²) < 4.78 is 35.6. The summed E-state index contributed by atoms with van der Waals surface area (Å²) in [6.45, 7) is 1.86. The Morgan fingerprint density at radius 1 is 1.10 bits per heavy atom. The van der Waals surface area contributed by atoms with Gasteiger partial charge in [-0.05, 0) is 36.8 Å². The van der Waals surface area contributed by atoms with E-state index in [-0.39, 0.29) is 22.2 Å². The summed E-state index contributed by atoms with van der Waals surface area (Å²) >= 11 is 6.00. The molecule has 0 unspecified atom stereocenters. The van der Waals surface area contributed by atoms with Crippen LogP contribution in [0.3, 0.4) is 0 Å². The van der Waals surface area contributed by atoms with Crippen molar-refractivity contribution >= 4 is 27.4 Å². The lowest BCUT2D eigenvalue weighted by atomic mass is 10.2. The Kier molecular flexibility index (Phi) is 6.14. The highest BCUT2D eigenvalue weighted by Crippen LogP contribution is 2.22. The van der Waals surface area contributed by atoms with Crippen molar-refractivity contribution in [2.75, 3.05) is 7.11 Å². The van der Waals surface area contributed by atoms with Gasteiger partial charge in [0.05, 0.1) is 24.1 Å². The highest BCUT2D eigenvalue weighted by atomic mass is 35.5. The Labute approximate surface area is 173 Å². The van der Waals surface area contributed by atoms with Gasteiger partial charge < -0.3 is 9.47 Å². The number of carbonyl (C=O) groups excluding carboxylic acids is 1. The third-order valence-corrected chi connectivity index (χ3v) is 5.65. The van der Waals surface area contributed by atoms with Gasteiger partial charge in [-0.2, -0.15) is 0 Å². The minimum Gasteiger partial charge on any atom is -0.497 e. The highest BCUT2D eigenvalue weighted by Gasteiger charge is 2.24. The number of aromatic nitrogens is 2. The van der Waals surface area contributed by atoms with Crippen LogP contribution < -0.4 is 9.47 Å². The molecule has 9 heteroatoms. The molecule has 0 saturated heterocycles. The molecule has 0 aliphatic rings. The Morgan fingerprint density at radius 3 is 2.45 bits per heavy atom. The number of benzene rings is 2. The molecule has 0 fully saturated rings. The largest absolute Gasteiger partial charge is 0.497 e. The van der Waals surface area contributed by atoms with Crippen LogP contribution in [0.1, 0.15) is 21.6 Å². The molecule has 2 aromatic carbocycles. The first-order valence-electron chi connectivity index (χ1n) is 8.45. The minimum atomic E-state index is -3.89. The molecule has 3 rings (SSSR count). The van der Waals surface area contributed by atoms with E-state index >= 15 is 0 Å². The van der Waals surface area contributed by atoms with E-state index in [0.29, 0.717) is 11.3 Å². The monoisotopic (exact) mass is 432 g/mol. The molecule has 0 saturated carbocycles. The summed E-state index contributed by atoms with van der Waals surface area (Å²) in [6.07, 6.45) is 1.07. The van der Waals surface area contributed by atoms with E-state index in [4.69, 9.17) is 21.1 Å². The molecule has 1 aromatic heterocycles. The summed E-state index contributed by atoms with van der Waals surface area (Å²) in [5.74, 6) is -0.373. The third-order valence-electron chi connectivity index (χ3n) is 3.90. The van der Waals surface area contributed by atoms with Gasteiger partial charge in [0.2, 0.25) is 15.0 Å². The fourth-order valence-electron chi connectivity index (χ4n) is 2.53. The fraction of sp³-hybridized carbons (Fsp3) is 0.150. The smallest absolute Gasteiger partial charge is 0.364 e. The number of hydrogen-bond acceptors (Lipinski definition) is 7. The topological polar surface area (TPSA) is 95.5 Å². The molecule has 0 amide bonds. The Bertz CT molecular complexity index is 1150. The summed E-state index contributed by atoms with van der Waals surface area (Å²) in [5.41, 5.74) is 1.18. The van der Waals surface area contributed by atoms with Gasteiger partial charge in [0.1, 0.15) is 11.5 Å². The number of aryl methyl sites for hydroxylation is 1. The molecular formula is C20H17ClN2O5S. The third kappa shape index (κ3) is 5.10. The lowest BCUT2D eigenvalue weighted by molar-refractivity contribution is 0.0727. The zero-order valence-electron chi connectivity index (χ0n) is 15.6. The van der Waals surface area contributed by atoms with Gasteiger partial charge in [0.25, 0.3) is 0 Å². The molecule has 0 aliphatic carbocycles. The van der Waals surface area contributed by atoms with Gasteiger partial charge >= 0.3 is 5.97 Å². The number of methoxy groups -OCH3 is 1. The van der Waals surface area contributed by atoms with Gasteiger partial charge in [0, 0.05) is 0 Å². The maximum absolute atomic E-state index is 12.7. The van der Waals surface area contributed by atoms with Crippen LogP contribution in [0.15, 0.2) is 59.9 Å². The standard InChI is InChI=1S/C20H17ClN2O5S/c1-13-4-3-5-14(10-13)12-29(25,26)20-22-11-17(21)18(23-20)19(24)28-16-8-6-15(27-2)7-9-16/h3-11H,12H2,1-2H3. The van der Waals surface area contributed by atoms with E-state index in [2.05, 4.69) is 9.97 Å². The van der Waals surface area contributed by atoms with Crippen molar-refractivity contribution in [2.45, 2.75) is 17.8 Å². The number of rotatable bonds is 6. The number of nitrogens with zero attached hydrogens (tertiary/aromatic N) is 2. The number of ether oxygens (including phenoxy) is 2. The van der Waals surface area contributed by atoms with Crippen molar-refractivity contribution in [1.29, 1.82) is 0 Å². The van der Waals surface area contributed by atoms with Gasteiger partial charge in [-0.25, -0.2) is 23.2 Å². The maximum Gasteiger partial charge on any atom is 0.364 e. The summed E-state index contributed by atoms with van der Waals surface area (Å²) in [7, 11) is -2.38. The molecule has 0 radical (unpaired) electrons. The predicted octanol–water partition coefficient (Wildman–Crippen LogP) is 3.64. The van der Waals surface area contributed by atoms with E-state index in [1.54, 1.807) is 30.3 Å². The van der Waals surface area contributed by atoms with E-state index < -0.39 is 21.0 Å². The van der Waals surface area contributed by atoms with Crippen molar-refractivity contribution in [3.05, 3.63) is 76.6 Å². The predicted molar refractivity (Wildman–Crippen MR) is 107 cm³/mol. The van der Waals surface area contributed by atoms with Crippen molar-refractivity contribution in [3.63, 3.8) is 0 Å². The van der Waals surface area contributed by atoms with Crippen LogP contribution in [-0.2, 0) is 15.6 Å². The quantitative estimate of drug-likeness (QED) is 0.333. The zero-order valence-corrected chi connectivity index (χ0v) is 17.2. The molecule has 0 bridgehead atoms. The molecule has 1 heterocycles. The van der Waals surface area contributed by atoms with E-state index in [1.807, 2.05) is 13.0 Å². The molecule has 7 nitrogen and oxygen atoms in total. The summed E-state index contributed by atoms with van der Waals surface area (Å²) in [5, 5.41) is -0.608. The van der Waals surface area contributed by atoms with Crippen LogP contribution >= 0.6 is 11.6 Å². The van der Waals surface area contributed by atoms with E-state index in [0.717, 1.165) is 11.8 Å². The molecule has 29 heavy (non-hydrogen) atoms. The van der Waals surface area contributed by atoms with Crippen LogP contribution in [0, 0.1) is 6.92 Å². The van der Waals surface area contributed by atoms with Crippen LogP contribution in [0.5, 0.6) is 11.5 Å². The number of hydrogen-bond donors (Lipinski definition) is 0. The maximum atomic E-state index is 12.7. The minimum absolute atomic E-state index is 0.113. The molecule has 150 valence electrons. The van der Waals surface area contributed by atoms with Gasteiger partial charge in [-0.1, -0.05) is 41.4 Å². The second-order valence-corrected chi connectivity index (χ2v) is 8.45. The lowest BCUT2D eigenvalue weighted by Crippen LogP contribution is -2.16. The summed E-state index contributed by atoms with van der Waals surface area (Å²) in [4.78, 5) is 20.1. The Hall–Kier alpha value is -2.97. The van der Waals surface area contributed by atoms with Gasteiger partial charge in [0.15, 0.2) is 5.69 Å². The lowest BCUT2D eigenvalue weighted by Gasteiger charge is -2.08. The normalized spacial score (nSPS) is 11.1. The zero-order chi connectivity index (χ0) is 21.0. The first-order chi connectivity index (χ1) is 13.8. The van der Waals surface area contributed by atoms with E-state index in [1.165, 1.54) is 19.2 Å². The second-order valence-electron chi connectivity index (χ2n) is 6.16. The molecule has 0 atom stereocenters. The average molecular weight is 433 g/mol. The SMILES string of the molecule is COc1ccc(OC(=O)c2nc(S(=O)(=O)Cc3cccc(C)c3)ncc2Cl)cc1. The summed E-state index contributed by atoms with van der Waals surface area (Å²) in [6, 6.07) is 13.4. The van der Waals surface area contributed by atoms with Crippen LogP contribution in [0.2, 0.25) is 5.02 Å². The van der Waals surface area contributed by atoms with Crippen molar-refractivity contribution in [2.24, 2.45) is 0 Å². The number of sulfone groups is 1. The first kappa shape index (κ1) is 20.8.